The Hall–Kier alpha value is -2.96. The molecule has 0 aromatic heterocycles. The summed E-state index contributed by atoms with van der Waals surface area (Å²) in [6.45, 7) is 5.02. The van der Waals surface area contributed by atoms with E-state index in [1.165, 1.54) is 4.90 Å². The maximum absolute atomic E-state index is 13.4. The van der Waals surface area contributed by atoms with Crippen LogP contribution in [0.2, 0.25) is 0 Å². The third kappa shape index (κ3) is 6.13. The van der Waals surface area contributed by atoms with Crippen LogP contribution in [0.4, 0.5) is 0 Å². The smallest absolute Gasteiger partial charge is 0.242 e. The number of unbranched alkanes of at least 4 members (excludes halogenated alkanes) is 1. The van der Waals surface area contributed by atoms with E-state index in [0.717, 1.165) is 18.4 Å². The number of fused-ring (bicyclic) bond motifs is 1. The summed E-state index contributed by atoms with van der Waals surface area (Å²) in [5.74, 6) is -1.30. The van der Waals surface area contributed by atoms with Gasteiger partial charge in [-0.2, -0.15) is 0 Å². The molecule has 1 aromatic carbocycles. The second kappa shape index (κ2) is 12.5. The summed E-state index contributed by atoms with van der Waals surface area (Å²) in [7, 11) is 0. The second-order valence-corrected chi connectivity index (χ2v) is 9.13. The fourth-order valence-electron chi connectivity index (χ4n) is 4.84. The Balaban J connectivity index is 1.68. The normalized spacial score (nSPS) is 20.2. The highest BCUT2D eigenvalue weighted by Crippen LogP contribution is 2.35. The van der Waals surface area contributed by atoms with Crippen LogP contribution >= 0.6 is 0 Å². The van der Waals surface area contributed by atoms with Gasteiger partial charge in [0.2, 0.25) is 23.6 Å². The van der Waals surface area contributed by atoms with E-state index < -0.39 is 6.04 Å². The number of allylic oxidation sites excluding steroid dienone is 2. The Morgan fingerprint density at radius 1 is 1.06 bits per heavy atom. The minimum absolute atomic E-state index is 0.0257. The molecule has 1 heterocycles. The molecule has 4 amide bonds. The van der Waals surface area contributed by atoms with Crippen molar-refractivity contribution in [3.05, 3.63) is 48.0 Å². The van der Waals surface area contributed by atoms with Crippen LogP contribution in [-0.4, -0.2) is 59.1 Å². The van der Waals surface area contributed by atoms with Crippen molar-refractivity contribution in [2.75, 3.05) is 19.6 Å². The SMILES string of the molecule is CCCCNC(=O)[C@@H](CC)N(CCc1ccccc1)C(=O)CCN1C(=O)[C@H]2CC=CC[C@H]2C1=O. The maximum Gasteiger partial charge on any atom is 0.242 e. The number of imide groups is 1. The van der Waals surface area contributed by atoms with Crippen LogP contribution in [0.1, 0.15) is 57.9 Å². The summed E-state index contributed by atoms with van der Waals surface area (Å²) in [5.41, 5.74) is 1.09. The molecule has 3 atom stereocenters. The first-order valence-electron chi connectivity index (χ1n) is 12.6. The molecule has 3 rings (SSSR count). The van der Waals surface area contributed by atoms with Gasteiger partial charge < -0.3 is 10.2 Å². The maximum atomic E-state index is 13.4. The van der Waals surface area contributed by atoms with Crippen molar-refractivity contribution in [1.29, 1.82) is 0 Å². The third-order valence-electron chi connectivity index (χ3n) is 6.85. The van der Waals surface area contributed by atoms with Crippen LogP contribution in [0, 0.1) is 11.8 Å². The fourth-order valence-corrected chi connectivity index (χ4v) is 4.84. The van der Waals surface area contributed by atoms with Gasteiger partial charge in [-0.3, -0.25) is 24.1 Å². The lowest BCUT2D eigenvalue weighted by Gasteiger charge is -2.31. The zero-order valence-electron chi connectivity index (χ0n) is 20.4. The van der Waals surface area contributed by atoms with Gasteiger partial charge in [0, 0.05) is 26.1 Å². The van der Waals surface area contributed by atoms with Crippen LogP contribution in [0.25, 0.3) is 0 Å². The first-order valence-corrected chi connectivity index (χ1v) is 12.6. The number of likely N-dealkylation sites (tertiary alicyclic amines) is 1. The van der Waals surface area contributed by atoms with E-state index in [9.17, 15) is 19.2 Å². The summed E-state index contributed by atoms with van der Waals surface area (Å²) in [4.78, 5) is 54.7. The van der Waals surface area contributed by atoms with Crippen LogP contribution in [0.5, 0.6) is 0 Å². The number of hydrogen-bond donors (Lipinski definition) is 1. The molecule has 1 aromatic rings. The molecule has 1 aliphatic carbocycles. The van der Waals surface area contributed by atoms with E-state index in [1.807, 2.05) is 49.4 Å². The fraction of sp³-hybridized carbons (Fsp3) is 0.556. The number of nitrogens with one attached hydrogen (secondary N) is 1. The molecule has 0 unspecified atom stereocenters. The average Bonchev–Trinajstić information content (AvgIpc) is 3.10. The van der Waals surface area contributed by atoms with Crippen molar-refractivity contribution >= 4 is 23.6 Å². The van der Waals surface area contributed by atoms with E-state index >= 15 is 0 Å². The predicted octanol–water partition coefficient (Wildman–Crippen LogP) is 3.09. The van der Waals surface area contributed by atoms with Crippen LogP contribution in [0.15, 0.2) is 42.5 Å². The van der Waals surface area contributed by atoms with Gasteiger partial charge in [-0.1, -0.05) is 62.8 Å². The zero-order chi connectivity index (χ0) is 24.5. The highest BCUT2D eigenvalue weighted by Gasteiger charge is 2.47. The van der Waals surface area contributed by atoms with Crippen molar-refractivity contribution in [2.45, 2.75) is 64.8 Å². The monoisotopic (exact) mass is 467 g/mol. The Labute approximate surface area is 202 Å². The highest BCUT2D eigenvalue weighted by atomic mass is 16.2. The first-order chi connectivity index (χ1) is 16.5. The van der Waals surface area contributed by atoms with Gasteiger partial charge >= 0.3 is 0 Å². The molecule has 7 nitrogen and oxygen atoms in total. The largest absolute Gasteiger partial charge is 0.354 e. The number of amides is 4. The zero-order valence-corrected chi connectivity index (χ0v) is 20.4. The van der Waals surface area contributed by atoms with Crippen molar-refractivity contribution in [3.8, 4) is 0 Å². The van der Waals surface area contributed by atoms with Gasteiger partial charge in [-0.15, -0.1) is 0 Å². The van der Waals surface area contributed by atoms with Crippen LogP contribution in [-0.2, 0) is 25.6 Å². The molecule has 184 valence electrons. The Morgan fingerprint density at radius 3 is 2.29 bits per heavy atom. The molecule has 0 saturated carbocycles. The number of nitrogens with zero attached hydrogens (tertiary/aromatic N) is 2. The Morgan fingerprint density at radius 2 is 1.71 bits per heavy atom. The molecule has 0 radical (unpaired) electrons. The van der Waals surface area contributed by atoms with Crippen molar-refractivity contribution in [1.82, 2.24) is 15.1 Å². The molecule has 1 fully saturated rings. The molecule has 0 bridgehead atoms. The molecular weight excluding hydrogens is 430 g/mol. The summed E-state index contributed by atoms with van der Waals surface area (Å²) in [5, 5.41) is 2.95. The van der Waals surface area contributed by atoms with Gasteiger partial charge in [-0.05, 0) is 37.7 Å². The quantitative estimate of drug-likeness (QED) is 0.291. The first kappa shape index (κ1) is 25.7. The molecule has 34 heavy (non-hydrogen) atoms. The topological polar surface area (TPSA) is 86.8 Å². The lowest BCUT2D eigenvalue weighted by Crippen LogP contribution is -2.51. The molecule has 1 N–H and O–H groups in total. The van der Waals surface area contributed by atoms with Gasteiger partial charge in [0.15, 0.2) is 0 Å². The van der Waals surface area contributed by atoms with Crippen LogP contribution in [0.3, 0.4) is 0 Å². The predicted molar refractivity (Wildman–Crippen MR) is 131 cm³/mol. The Kier molecular flexibility index (Phi) is 9.42. The lowest BCUT2D eigenvalue weighted by atomic mass is 9.85. The Bertz CT molecular complexity index is 872. The van der Waals surface area contributed by atoms with Crippen molar-refractivity contribution in [2.24, 2.45) is 11.8 Å². The van der Waals surface area contributed by atoms with E-state index in [0.29, 0.717) is 38.8 Å². The van der Waals surface area contributed by atoms with E-state index in [2.05, 4.69) is 12.2 Å². The van der Waals surface area contributed by atoms with E-state index in [1.54, 1.807) is 4.90 Å². The molecular formula is C27H37N3O4. The van der Waals surface area contributed by atoms with Gasteiger partial charge in [0.25, 0.3) is 0 Å². The van der Waals surface area contributed by atoms with Gasteiger partial charge in [-0.25, -0.2) is 0 Å². The minimum atomic E-state index is -0.579. The standard InChI is InChI=1S/C27H37N3O4/c1-3-5-17-28-25(32)23(4-2)29(18-15-20-11-7-6-8-12-20)24(31)16-19-30-26(33)21-13-9-10-14-22(21)27(30)34/h6-12,21-23H,3-5,13-19H2,1-2H3,(H,28,32)/t21-,22+,23-/m1/s1. The molecule has 0 spiro atoms. The number of hydrogen-bond acceptors (Lipinski definition) is 4. The summed E-state index contributed by atoms with van der Waals surface area (Å²) in [6, 6.07) is 9.28. The van der Waals surface area contributed by atoms with Crippen molar-refractivity contribution < 1.29 is 19.2 Å². The number of carbonyl (C=O) groups excluding carboxylic acids is 4. The van der Waals surface area contributed by atoms with E-state index in [4.69, 9.17) is 0 Å². The van der Waals surface area contributed by atoms with Crippen LogP contribution < -0.4 is 5.32 Å². The molecule has 7 heteroatoms. The van der Waals surface area contributed by atoms with Gasteiger partial charge in [0.1, 0.15) is 6.04 Å². The average molecular weight is 468 g/mol. The third-order valence-corrected chi connectivity index (χ3v) is 6.85. The summed E-state index contributed by atoms with van der Waals surface area (Å²) >= 11 is 0. The second-order valence-electron chi connectivity index (χ2n) is 9.13. The number of carbonyl (C=O) groups is 4. The molecule has 2 aliphatic rings. The van der Waals surface area contributed by atoms with Gasteiger partial charge in [0.05, 0.1) is 11.8 Å². The molecule has 1 aliphatic heterocycles. The highest BCUT2D eigenvalue weighted by molar-refractivity contribution is 6.05. The number of benzene rings is 1. The summed E-state index contributed by atoms with van der Waals surface area (Å²) in [6.07, 6.45) is 8.08. The van der Waals surface area contributed by atoms with E-state index in [-0.39, 0.29) is 48.4 Å². The van der Waals surface area contributed by atoms with Crippen molar-refractivity contribution in [3.63, 3.8) is 0 Å². The number of rotatable bonds is 12. The lowest BCUT2D eigenvalue weighted by molar-refractivity contribution is -0.143. The molecule has 1 saturated heterocycles. The summed E-state index contributed by atoms with van der Waals surface area (Å²) < 4.78 is 0. The minimum Gasteiger partial charge on any atom is -0.354 e.